The van der Waals surface area contributed by atoms with Crippen LogP contribution in [0.15, 0.2) is 72.8 Å². The zero-order valence-electron chi connectivity index (χ0n) is 19.3. The smallest absolute Gasteiger partial charge is 0.242 e. The summed E-state index contributed by atoms with van der Waals surface area (Å²) in [6, 6.07) is 22.6. The number of likely N-dealkylation sites (N-methyl/N-ethyl adjacent to an activating group) is 1. The van der Waals surface area contributed by atoms with E-state index < -0.39 is 6.04 Å². The van der Waals surface area contributed by atoms with Crippen LogP contribution >= 0.6 is 35.0 Å². The zero-order chi connectivity index (χ0) is 24.5. The summed E-state index contributed by atoms with van der Waals surface area (Å²) in [6.07, 6.45) is 0.413. The average Bonchev–Trinajstić information content (AvgIpc) is 2.84. The Morgan fingerprint density at radius 2 is 1.59 bits per heavy atom. The van der Waals surface area contributed by atoms with E-state index in [9.17, 15) is 9.59 Å². The van der Waals surface area contributed by atoms with Crippen molar-refractivity contribution in [1.82, 2.24) is 10.2 Å². The minimum Gasteiger partial charge on any atom is -0.357 e. The summed E-state index contributed by atoms with van der Waals surface area (Å²) in [5, 5.41) is 3.59. The highest BCUT2D eigenvalue weighted by Crippen LogP contribution is 2.25. The summed E-state index contributed by atoms with van der Waals surface area (Å²) in [4.78, 5) is 28.0. The van der Waals surface area contributed by atoms with Gasteiger partial charge in [-0.1, -0.05) is 89.4 Å². The Bertz CT molecular complexity index is 1110. The highest BCUT2D eigenvalue weighted by atomic mass is 35.5. The molecule has 2 amide bonds. The maximum absolute atomic E-state index is 13.5. The van der Waals surface area contributed by atoms with Crippen LogP contribution in [0.1, 0.15) is 22.3 Å². The Morgan fingerprint density at radius 3 is 2.24 bits per heavy atom. The first-order chi connectivity index (χ1) is 16.4. The third kappa shape index (κ3) is 7.52. The van der Waals surface area contributed by atoms with Gasteiger partial charge < -0.3 is 10.2 Å². The Labute approximate surface area is 215 Å². The first-order valence-corrected chi connectivity index (χ1v) is 12.9. The van der Waals surface area contributed by atoms with Crippen LogP contribution in [0.3, 0.4) is 0 Å². The van der Waals surface area contributed by atoms with Crippen molar-refractivity contribution >= 4 is 46.8 Å². The molecule has 0 saturated carbocycles. The van der Waals surface area contributed by atoms with Gasteiger partial charge >= 0.3 is 0 Å². The normalized spacial score (nSPS) is 11.6. The highest BCUT2D eigenvalue weighted by Gasteiger charge is 2.29. The molecule has 0 aliphatic heterocycles. The van der Waals surface area contributed by atoms with Crippen molar-refractivity contribution in [3.05, 3.63) is 105 Å². The second-order valence-corrected chi connectivity index (χ2v) is 9.87. The molecule has 0 aliphatic carbocycles. The number of nitrogens with zero attached hydrogens (tertiary/aromatic N) is 1. The molecule has 3 rings (SSSR count). The van der Waals surface area contributed by atoms with E-state index in [1.54, 1.807) is 24.1 Å². The van der Waals surface area contributed by atoms with Crippen LogP contribution in [-0.4, -0.2) is 35.6 Å². The lowest BCUT2D eigenvalue weighted by molar-refractivity contribution is -0.139. The van der Waals surface area contributed by atoms with Crippen LogP contribution < -0.4 is 5.32 Å². The molecule has 4 nitrogen and oxygen atoms in total. The van der Waals surface area contributed by atoms with Gasteiger partial charge in [0, 0.05) is 25.8 Å². The molecule has 0 fully saturated rings. The molecule has 0 aliphatic rings. The quantitative estimate of drug-likeness (QED) is 0.365. The molecule has 0 spiro atoms. The van der Waals surface area contributed by atoms with Crippen molar-refractivity contribution in [3.63, 3.8) is 0 Å². The van der Waals surface area contributed by atoms with Crippen molar-refractivity contribution in [2.24, 2.45) is 0 Å². The van der Waals surface area contributed by atoms with E-state index >= 15 is 0 Å². The maximum Gasteiger partial charge on any atom is 0.242 e. The third-order valence-corrected chi connectivity index (χ3v) is 7.20. The molecule has 1 N–H and O–H groups in total. The molecule has 0 heterocycles. The monoisotopic (exact) mass is 514 g/mol. The topological polar surface area (TPSA) is 49.4 Å². The minimum atomic E-state index is -0.658. The molecule has 178 valence electrons. The first-order valence-electron chi connectivity index (χ1n) is 11.0. The van der Waals surface area contributed by atoms with Gasteiger partial charge in [-0.15, -0.1) is 11.8 Å². The minimum absolute atomic E-state index is 0.104. The van der Waals surface area contributed by atoms with Crippen LogP contribution in [0.5, 0.6) is 0 Å². The predicted octanol–water partition coefficient (Wildman–Crippen LogP) is 5.92. The second-order valence-electron chi connectivity index (χ2n) is 8.07. The van der Waals surface area contributed by atoms with E-state index in [4.69, 9.17) is 23.2 Å². The maximum atomic E-state index is 13.5. The Kier molecular flexibility index (Phi) is 9.87. The molecule has 0 saturated heterocycles. The number of amides is 2. The largest absolute Gasteiger partial charge is 0.357 e. The van der Waals surface area contributed by atoms with E-state index in [-0.39, 0.29) is 24.1 Å². The summed E-state index contributed by atoms with van der Waals surface area (Å²) in [7, 11) is 1.59. The molecular formula is C27H28Cl2N2O2S. The molecule has 34 heavy (non-hydrogen) atoms. The van der Waals surface area contributed by atoms with Gasteiger partial charge in [0.25, 0.3) is 0 Å². The number of benzene rings is 3. The lowest BCUT2D eigenvalue weighted by atomic mass is 10.0. The van der Waals surface area contributed by atoms with Crippen molar-refractivity contribution in [2.75, 3.05) is 12.8 Å². The summed E-state index contributed by atoms with van der Waals surface area (Å²) in [5.74, 6) is 0.668. The summed E-state index contributed by atoms with van der Waals surface area (Å²) < 4.78 is 0. The molecule has 0 bridgehead atoms. The van der Waals surface area contributed by atoms with Gasteiger partial charge in [-0.2, -0.15) is 0 Å². The molecule has 1 atom stereocenters. The summed E-state index contributed by atoms with van der Waals surface area (Å²) >= 11 is 13.8. The van der Waals surface area contributed by atoms with Crippen molar-refractivity contribution in [3.8, 4) is 0 Å². The van der Waals surface area contributed by atoms with E-state index in [1.165, 1.54) is 17.3 Å². The Balaban J connectivity index is 1.82. The number of nitrogens with one attached hydrogen (secondary N) is 1. The number of carbonyl (C=O) groups excluding carboxylic acids is 2. The van der Waals surface area contributed by atoms with Gasteiger partial charge in [0.05, 0.1) is 15.8 Å². The molecule has 3 aromatic rings. The van der Waals surface area contributed by atoms with Crippen LogP contribution in [0.25, 0.3) is 0 Å². The van der Waals surface area contributed by atoms with Gasteiger partial charge in [-0.25, -0.2) is 0 Å². The van der Waals surface area contributed by atoms with Crippen molar-refractivity contribution < 1.29 is 9.59 Å². The lowest BCUT2D eigenvalue weighted by Gasteiger charge is -2.31. The van der Waals surface area contributed by atoms with Gasteiger partial charge in [-0.05, 0) is 35.7 Å². The van der Waals surface area contributed by atoms with Crippen LogP contribution in [0.4, 0.5) is 0 Å². The second kappa shape index (κ2) is 12.8. The fourth-order valence-electron chi connectivity index (χ4n) is 3.58. The number of carbonyl (C=O) groups is 2. The number of rotatable bonds is 10. The first kappa shape index (κ1) is 26.1. The predicted molar refractivity (Wildman–Crippen MR) is 142 cm³/mol. The fourth-order valence-corrected chi connectivity index (χ4v) is 4.77. The highest BCUT2D eigenvalue weighted by molar-refractivity contribution is 7.99. The van der Waals surface area contributed by atoms with Crippen LogP contribution in [0.2, 0.25) is 10.0 Å². The van der Waals surface area contributed by atoms with E-state index in [0.29, 0.717) is 16.5 Å². The zero-order valence-corrected chi connectivity index (χ0v) is 21.6. The van der Waals surface area contributed by atoms with E-state index in [2.05, 4.69) is 29.6 Å². The van der Waals surface area contributed by atoms with Gasteiger partial charge in [0.15, 0.2) is 0 Å². The van der Waals surface area contributed by atoms with Crippen molar-refractivity contribution in [1.29, 1.82) is 0 Å². The molecule has 0 aromatic heterocycles. The molecule has 7 heteroatoms. The SMILES string of the molecule is CNC(=O)C(Cc1ccccc1)N(Cc1ccc(Cl)c(Cl)c1)C(=O)CSCc1ccc(C)cc1. The van der Waals surface area contributed by atoms with Crippen molar-refractivity contribution in [2.45, 2.75) is 31.7 Å². The van der Waals surface area contributed by atoms with E-state index in [0.717, 1.165) is 22.4 Å². The number of hydrogen-bond acceptors (Lipinski definition) is 3. The fraction of sp³-hybridized carbons (Fsp3) is 0.259. The molecule has 3 aromatic carbocycles. The number of hydrogen-bond donors (Lipinski definition) is 1. The van der Waals surface area contributed by atoms with E-state index in [1.807, 2.05) is 43.3 Å². The van der Waals surface area contributed by atoms with Crippen LogP contribution in [-0.2, 0) is 28.3 Å². The van der Waals surface area contributed by atoms with Gasteiger partial charge in [-0.3, -0.25) is 9.59 Å². The average molecular weight is 516 g/mol. The number of thioether (sulfide) groups is 1. The Hall–Kier alpha value is -2.47. The summed E-state index contributed by atoms with van der Waals surface area (Å²) in [6.45, 7) is 2.30. The molecule has 1 unspecified atom stereocenters. The third-order valence-electron chi connectivity index (χ3n) is 5.47. The van der Waals surface area contributed by atoms with Crippen LogP contribution in [0, 0.1) is 6.92 Å². The van der Waals surface area contributed by atoms with Gasteiger partial charge in [0.1, 0.15) is 6.04 Å². The lowest BCUT2D eigenvalue weighted by Crippen LogP contribution is -2.50. The number of aryl methyl sites for hydroxylation is 1. The molecule has 0 radical (unpaired) electrons. The Morgan fingerprint density at radius 1 is 0.912 bits per heavy atom. The number of halogens is 2. The standard InChI is InChI=1S/C27H28Cl2N2O2S/c1-19-8-10-21(11-9-19)17-34-18-26(32)31(16-22-12-13-23(28)24(29)14-22)25(27(33)30-2)15-20-6-4-3-5-7-20/h3-14,25H,15-18H2,1-2H3,(H,30,33). The summed E-state index contributed by atoms with van der Waals surface area (Å²) in [5.41, 5.74) is 4.15. The molecular weight excluding hydrogens is 487 g/mol. The van der Waals surface area contributed by atoms with Gasteiger partial charge in [0.2, 0.25) is 11.8 Å².